The Kier molecular flexibility index (Phi) is 4.06. The highest BCUT2D eigenvalue weighted by atomic mass is 32.2. The van der Waals surface area contributed by atoms with Crippen molar-refractivity contribution < 1.29 is 12.8 Å². The lowest BCUT2D eigenvalue weighted by Gasteiger charge is -2.06. The molecule has 0 aliphatic carbocycles. The van der Waals surface area contributed by atoms with Gasteiger partial charge in [-0.2, -0.15) is 0 Å². The van der Waals surface area contributed by atoms with Gasteiger partial charge in [0.15, 0.2) is 0 Å². The normalized spacial score (nSPS) is 11.6. The van der Waals surface area contributed by atoms with Crippen molar-refractivity contribution in [2.24, 2.45) is 5.14 Å². The van der Waals surface area contributed by atoms with E-state index in [1.165, 1.54) is 24.3 Å². The third kappa shape index (κ3) is 3.34. The van der Waals surface area contributed by atoms with Crippen molar-refractivity contribution >= 4 is 21.4 Å². The zero-order valence-electron chi connectivity index (χ0n) is 12.3. The minimum absolute atomic E-state index is 0.0801. The molecule has 3 rings (SSSR count). The van der Waals surface area contributed by atoms with Gasteiger partial charge in [-0.15, -0.1) is 11.3 Å². The van der Waals surface area contributed by atoms with Gasteiger partial charge in [0, 0.05) is 15.3 Å². The molecule has 0 saturated heterocycles. The van der Waals surface area contributed by atoms with Crippen molar-refractivity contribution in [2.75, 3.05) is 0 Å². The predicted molar refractivity (Wildman–Crippen MR) is 91.3 cm³/mol. The van der Waals surface area contributed by atoms with Gasteiger partial charge in [-0.1, -0.05) is 24.3 Å². The monoisotopic (exact) mass is 347 g/mol. The molecule has 3 aromatic rings. The number of rotatable bonds is 3. The maximum absolute atomic E-state index is 13.1. The van der Waals surface area contributed by atoms with Gasteiger partial charge >= 0.3 is 0 Å². The standard InChI is InChI=1S/C17H14FNO2S2/c1-11-10-16(12-4-8-15(9-5-12)23(19,20)21)17(22-11)13-2-6-14(18)7-3-13/h2-10H,1H3,(H2,19,20,21). The third-order valence-corrected chi connectivity index (χ3v) is 5.48. The molecular weight excluding hydrogens is 333 g/mol. The topological polar surface area (TPSA) is 60.2 Å². The second-order valence-electron chi connectivity index (χ2n) is 5.18. The molecule has 118 valence electrons. The Bertz CT molecular complexity index is 943. The Morgan fingerprint density at radius 1 is 0.957 bits per heavy atom. The summed E-state index contributed by atoms with van der Waals surface area (Å²) in [5.41, 5.74) is 2.80. The predicted octanol–water partition coefficient (Wildman–Crippen LogP) is 4.18. The van der Waals surface area contributed by atoms with Gasteiger partial charge in [-0.3, -0.25) is 0 Å². The fraction of sp³-hybridized carbons (Fsp3) is 0.0588. The number of nitrogens with two attached hydrogens (primary N) is 1. The van der Waals surface area contributed by atoms with E-state index in [1.54, 1.807) is 35.6 Å². The molecule has 0 atom stereocenters. The van der Waals surface area contributed by atoms with Crippen molar-refractivity contribution in [3.8, 4) is 21.6 Å². The van der Waals surface area contributed by atoms with E-state index in [0.717, 1.165) is 26.4 Å². The van der Waals surface area contributed by atoms with Crippen LogP contribution in [0.2, 0.25) is 0 Å². The van der Waals surface area contributed by atoms with E-state index in [9.17, 15) is 12.8 Å². The van der Waals surface area contributed by atoms with Crippen LogP contribution in [0.25, 0.3) is 21.6 Å². The summed E-state index contributed by atoms with van der Waals surface area (Å²) in [5.74, 6) is -0.277. The van der Waals surface area contributed by atoms with Gasteiger partial charge in [-0.25, -0.2) is 17.9 Å². The first-order valence-corrected chi connectivity index (χ1v) is 9.20. The van der Waals surface area contributed by atoms with Crippen molar-refractivity contribution in [3.63, 3.8) is 0 Å². The molecule has 3 nitrogen and oxygen atoms in total. The molecule has 6 heteroatoms. The van der Waals surface area contributed by atoms with Crippen LogP contribution in [0, 0.1) is 12.7 Å². The highest BCUT2D eigenvalue weighted by Gasteiger charge is 2.13. The van der Waals surface area contributed by atoms with Crippen LogP contribution in [0.4, 0.5) is 4.39 Å². The summed E-state index contributed by atoms with van der Waals surface area (Å²) in [6.07, 6.45) is 0. The van der Waals surface area contributed by atoms with Gasteiger partial charge in [0.25, 0.3) is 0 Å². The second kappa shape index (κ2) is 5.88. The van der Waals surface area contributed by atoms with Crippen LogP contribution in [0.1, 0.15) is 4.88 Å². The zero-order chi connectivity index (χ0) is 16.6. The minimum Gasteiger partial charge on any atom is -0.225 e. The summed E-state index contributed by atoms with van der Waals surface area (Å²) in [7, 11) is -3.70. The molecule has 0 unspecified atom stereocenters. The first kappa shape index (κ1) is 15.9. The Morgan fingerprint density at radius 2 is 1.52 bits per heavy atom. The zero-order valence-corrected chi connectivity index (χ0v) is 13.9. The second-order valence-corrected chi connectivity index (χ2v) is 7.99. The summed E-state index contributed by atoms with van der Waals surface area (Å²) in [6, 6.07) is 14.8. The highest BCUT2D eigenvalue weighted by Crippen LogP contribution is 2.39. The Morgan fingerprint density at radius 3 is 2.09 bits per heavy atom. The maximum Gasteiger partial charge on any atom is 0.238 e. The number of benzene rings is 2. The van der Waals surface area contributed by atoms with E-state index in [2.05, 4.69) is 0 Å². The van der Waals surface area contributed by atoms with E-state index in [4.69, 9.17) is 5.14 Å². The maximum atomic E-state index is 13.1. The van der Waals surface area contributed by atoms with Gasteiger partial charge in [0.2, 0.25) is 10.0 Å². The van der Waals surface area contributed by atoms with E-state index in [-0.39, 0.29) is 10.7 Å². The molecule has 0 bridgehead atoms. The highest BCUT2D eigenvalue weighted by molar-refractivity contribution is 7.89. The number of halogens is 1. The van der Waals surface area contributed by atoms with Crippen LogP contribution in [-0.2, 0) is 10.0 Å². The fourth-order valence-corrected chi connectivity index (χ4v) is 3.92. The number of primary sulfonamides is 1. The van der Waals surface area contributed by atoms with Crippen LogP contribution >= 0.6 is 11.3 Å². The smallest absolute Gasteiger partial charge is 0.225 e. The van der Waals surface area contributed by atoms with Gasteiger partial charge < -0.3 is 0 Å². The van der Waals surface area contributed by atoms with Gasteiger partial charge in [0.1, 0.15) is 5.82 Å². The Hall–Kier alpha value is -2.02. The van der Waals surface area contributed by atoms with Crippen molar-refractivity contribution in [3.05, 3.63) is 65.3 Å². The lowest BCUT2D eigenvalue weighted by Crippen LogP contribution is -2.11. The van der Waals surface area contributed by atoms with Crippen molar-refractivity contribution in [1.82, 2.24) is 0 Å². The summed E-state index contributed by atoms with van der Waals surface area (Å²) >= 11 is 1.61. The number of hydrogen-bond donors (Lipinski definition) is 1. The lowest BCUT2D eigenvalue weighted by atomic mass is 10.0. The molecule has 2 N–H and O–H groups in total. The number of thiophene rings is 1. The quantitative estimate of drug-likeness (QED) is 0.773. The largest absolute Gasteiger partial charge is 0.238 e. The fourth-order valence-electron chi connectivity index (χ4n) is 2.37. The van der Waals surface area contributed by atoms with Crippen LogP contribution in [0.3, 0.4) is 0 Å². The Labute approximate surface area is 138 Å². The summed E-state index contributed by atoms with van der Waals surface area (Å²) in [4.78, 5) is 2.22. The molecular formula is C17H14FNO2S2. The molecule has 0 aliphatic heterocycles. The van der Waals surface area contributed by atoms with E-state index in [0.29, 0.717) is 0 Å². The van der Waals surface area contributed by atoms with Crippen LogP contribution in [0.15, 0.2) is 59.5 Å². The SMILES string of the molecule is Cc1cc(-c2ccc(S(N)(=O)=O)cc2)c(-c2ccc(F)cc2)s1. The van der Waals surface area contributed by atoms with Crippen LogP contribution < -0.4 is 5.14 Å². The molecule has 0 amide bonds. The lowest BCUT2D eigenvalue weighted by molar-refractivity contribution is 0.598. The molecule has 23 heavy (non-hydrogen) atoms. The van der Waals surface area contributed by atoms with Crippen molar-refractivity contribution in [1.29, 1.82) is 0 Å². The average Bonchev–Trinajstić information content (AvgIpc) is 2.89. The summed E-state index contributed by atoms with van der Waals surface area (Å²) in [5, 5.41) is 5.12. The molecule has 0 fully saturated rings. The molecule has 1 heterocycles. The van der Waals surface area contributed by atoms with E-state index < -0.39 is 10.0 Å². The van der Waals surface area contributed by atoms with Crippen molar-refractivity contribution in [2.45, 2.75) is 11.8 Å². The molecule has 0 saturated carbocycles. The average molecular weight is 347 g/mol. The number of aryl methyl sites for hydroxylation is 1. The number of sulfonamides is 1. The van der Waals surface area contributed by atoms with Gasteiger partial charge in [-0.05, 0) is 48.4 Å². The molecule has 1 aromatic heterocycles. The molecule has 0 aliphatic rings. The first-order chi connectivity index (χ1) is 10.8. The number of hydrogen-bond acceptors (Lipinski definition) is 3. The summed E-state index contributed by atoms with van der Waals surface area (Å²) in [6.45, 7) is 2.00. The van der Waals surface area contributed by atoms with Crippen LogP contribution in [0.5, 0.6) is 0 Å². The third-order valence-electron chi connectivity index (χ3n) is 3.46. The first-order valence-electron chi connectivity index (χ1n) is 6.84. The Balaban J connectivity index is 2.09. The molecule has 0 radical (unpaired) electrons. The van der Waals surface area contributed by atoms with Crippen LogP contribution in [-0.4, -0.2) is 8.42 Å². The summed E-state index contributed by atoms with van der Waals surface area (Å²) < 4.78 is 35.8. The molecule has 2 aromatic carbocycles. The van der Waals surface area contributed by atoms with Gasteiger partial charge in [0.05, 0.1) is 4.90 Å². The van der Waals surface area contributed by atoms with E-state index in [1.807, 2.05) is 13.0 Å². The molecule has 0 spiro atoms. The van der Waals surface area contributed by atoms with E-state index >= 15 is 0 Å². The minimum atomic E-state index is -3.70.